The fourth-order valence-electron chi connectivity index (χ4n) is 1.62. The van der Waals surface area contributed by atoms with Crippen molar-refractivity contribution in [3.05, 3.63) is 29.8 Å². The van der Waals surface area contributed by atoms with Gasteiger partial charge in [0.25, 0.3) is 0 Å². The molecule has 1 rings (SSSR count). The highest BCUT2D eigenvalue weighted by Crippen LogP contribution is 2.13. The molecule has 0 saturated heterocycles. The first-order valence-corrected chi connectivity index (χ1v) is 6.10. The lowest BCUT2D eigenvalue weighted by Crippen LogP contribution is -2.46. The number of amides is 2. The average molecular weight is 286 g/mol. The third-order valence-corrected chi connectivity index (χ3v) is 2.89. The maximum absolute atomic E-state index is 12.9. The van der Waals surface area contributed by atoms with E-state index in [1.165, 1.54) is 0 Å². The van der Waals surface area contributed by atoms with Crippen LogP contribution in [0.3, 0.4) is 0 Å². The van der Waals surface area contributed by atoms with Gasteiger partial charge in [-0.15, -0.1) is 0 Å². The van der Waals surface area contributed by atoms with Gasteiger partial charge in [0.05, 0.1) is 0 Å². The Hall–Kier alpha value is -2.18. The summed E-state index contributed by atoms with van der Waals surface area (Å²) in [5.74, 6) is -3.11. The van der Waals surface area contributed by atoms with Gasteiger partial charge < -0.3 is 15.7 Å². The lowest BCUT2D eigenvalue weighted by Gasteiger charge is -2.20. The van der Waals surface area contributed by atoms with Crippen LogP contribution in [0, 0.1) is 17.6 Å². The summed E-state index contributed by atoms with van der Waals surface area (Å²) < 4.78 is 25.9. The van der Waals surface area contributed by atoms with E-state index >= 15 is 0 Å². The third-order valence-electron chi connectivity index (χ3n) is 2.89. The molecule has 0 fully saturated rings. The molecular weight excluding hydrogens is 270 g/mol. The molecule has 1 aromatic carbocycles. The topological polar surface area (TPSA) is 78.4 Å². The van der Waals surface area contributed by atoms with Gasteiger partial charge in [-0.1, -0.05) is 20.3 Å². The fraction of sp³-hybridized carbons (Fsp3) is 0.385. The fourth-order valence-corrected chi connectivity index (χ4v) is 1.62. The number of nitrogens with one attached hydrogen (secondary N) is 2. The van der Waals surface area contributed by atoms with E-state index in [1.807, 2.05) is 0 Å². The van der Waals surface area contributed by atoms with E-state index in [0.717, 1.165) is 12.1 Å². The number of hydrogen-bond donors (Lipinski definition) is 3. The zero-order valence-electron chi connectivity index (χ0n) is 11.1. The predicted octanol–water partition coefficient (Wildman–Crippen LogP) is 2.59. The lowest BCUT2D eigenvalue weighted by atomic mass is 9.99. The van der Waals surface area contributed by atoms with Crippen LogP contribution in [-0.2, 0) is 4.79 Å². The number of carbonyl (C=O) groups is 2. The monoisotopic (exact) mass is 286 g/mol. The molecule has 0 aliphatic heterocycles. The highest BCUT2D eigenvalue weighted by molar-refractivity contribution is 5.92. The van der Waals surface area contributed by atoms with Gasteiger partial charge in [-0.3, -0.25) is 0 Å². The number of carboxylic acid groups (broad SMARTS) is 1. The average Bonchev–Trinajstić information content (AvgIpc) is 2.33. The van der Waals surface area contributed by atoms with Crippen molar-refractivity contribution in [3.63, 3.8) is 0 Å². The molecule has 0 aromatic heterocycles. The maximum atomic E-state index is 12.9. The molecule has 0 radical (unpaired) electrons. The molecule has 0 bridgehead atoms. The predicted molar refractivity (Wildman–Crippen MR) is 69.4 cm³/mol. The van der Waals surface area contributed by atoms with Gasteiger partial charge in [-0.25, -0.2) is 18.4 Å². The molecule has 0 saturated carbocycles. The summed E-state index contributed by atoms with van der Waals surface area (Å²) in [6.07, 6.45) is 0.561. The molecule has 3 N–H and O–H groups in total. The Labute approximate surface area is 115 Å². The number of aliphatic carboxylic acids is 1. The van der Waals surface area contributed by atoms with Crippen LogP contribution in [0.1, 0.15) is 20.3 Å². The van der Waals surface area contributed by atoms with Crippen molar-refractivity contribution in [2.45, 2.75) is 26.3 Å². The summed E-state index contributed by atoms with van der Waals surface area (Å²) in [6.45, 7) is 3.48. The summed E-state index contributed by atoms with van der Waals surface area (Å²) in [7, 11) is 0. The van der Waals surface area contributed by atoms with Crippen molar-refractivity contribution < 1.29 is 23.5 Å². The molecule has 110 valence electrons. The number of carboxylic acids is 1. The maximum Gasteiger partial charge on any atom is 0.326 e. The zero-order chi connectivity index (χ0) is 15.3. The number of benzene rings is 1. The molecule has 20 heavy (non-hydrogen) atoms. The second-order valence-electron chi connectivity index (χ2n) is 4.46. The van der Waals surface area contributed by atoms with Gasteiger partial charge >= 0.3 is 12.0 Å². The van der Waals surface area contributed by atoms with E-state index in [1.54, 1.807) is 13.8 Å². The Bertz CT molecular complexity index is 488. The SMILES string of the molecule is CC[C@H](C)[C@H](NC(=O)Nc1cc(F)cc(F)c1)C(=O)O. The van der Waals surface area contributed by atoms with Gasteiger partial charge in [0, 0.05) is 11.8 Å². The number of carbonyl (C=O) groups excluding carboxylic acids is 1. The van der Waals surface area contributed by atoms with Crippen LogP contribution >= 0.6 is 0 Å². The van der Waals surface area contributed by atoms with E-state index in [4.69, 9.17) is 5.11 Å². The quantitative estimate of drug-likeness (QED) is 0.778. The van der Waals surface area contributed by atoms with Crippen LogP contribution in [0.2, 0.25) is 0 Å². The van der Waals surface area contributed by atoms with Crippen molar-refractivity contribution in [2.75, 3.05) is 5.32 Å². The minimum atomic E-state index is -1.17. The van der Waals surface area contributed by atoms with Gasteiger partial charge in [-0.2, -0.15) is 0 Å². The first kappa shape index (κ1) is 15.9. The first-order chi connectivity index (χ1) is 9.33. The number of hydrogen-bond acceptors (Lipinski definition) is 2. The number of urea groups is 1. The van der Waals surface area contributed by atoms with Crippen LogP contribution in [-0.4, -0.2) is 23.1 Å². The molecule has 7 heteroatoms. The van der Waals surface area contributed by atoms with Crippen molar-refractivity contribution in [2.24, 2.45) is 5.92 Å². The highest BCUT2D eigenvalue weighted by Gasteiger charge is 2.25. The van der Waals surface area contributed by atoms with E-state index in [-0.39, 0.29) is 11.6 Å². The van der Waals surface area contributed by atoms with E-state index < -0.39 is 29.7 Å². The van der Waals surface area contributed by atoms with E-state index in [2.05, 4.69) is 10.6 Å². The van der Waals surface area contributed by atoms with Crippen molar-refractivity contribution >= 4 is 17.7 Å². The molecule has 0 spiro atoms. The Balaban J connectivity index is 2.73. The second-order valence-corrected chi connectivity index (χ2v) is 4.46. The second kappa shape index (κ2) is 6.83. The molecule has 0 heterocycles. The highest BCUT2D eigenvalue weighted by atomic mass is 19.1. The standard InChI is InChI=1S/C13H16F2N2O3/c1-3-7(2)11(12(18)19)17-13(20)16-10-5-8(14)4-9(15)6-10/h4-7,11H,3H2,1-2H3,(H,18,19)(H2,16,17,20)/t7-,11-/m0/s1. The van der Waals surface area contributed by atoms with Crippen molar-refractivity contribution in [1.82, 2.24) is 5.32 Å². The lowest BCUT2D eigenvalue weighted by molar-refractivity contribution is -0.140. The number of halogens is 2. The Morgan fingerprint density at radius 1 is 1.25 bits per heavy atom. The van der Waals surface area contributed by atoms with E-state index in [9.17, 15) is 18.4 Å². The minimum absolute atomic E-state index is 0.0895. The van der Waals surface area contributed by atoms with Gasteiger partial charge in [0.1, 0.15) is 17.7 Å². The van der Waals surface area contributed by atoms with Crippen LogP contribution in [0.15, 0.2) is 18.2 Å². The number of anilines is 1. The van der Waals surface area contributed by atoms with Crippen LogP contribution in [0.4, 0.5) is 19.3 Å². The summed E-state index contributed by atoms with van der Waals surface area (Å²) in [6, 6.07) is 0.632. The summed E-state index contributed by atoms with van der Waals surface area (Å²) in [5, 5.41) is 13.5. The third kappa shape index (κ3) is 4.49. The molecular formula is C13H16F2N2O3. The molecule has 2 amide bonds. The van der Waals surface area contributed by atoms with Gasteiger partial charge in [-0.05, 0) is 18.1 Å². The van der Waals surface area contributed by atoms with Crippen molar-refractivity contribution in [3.8, 4) is 0 Å². The van der Waals surface area contributed by atoms with Crippen LogP contribution in [0.25, 0.3) is 0 Å². The smallest absolute Gasteiger partial charge is 0.326 e. The largest absolute Gasteiger partial charge is 0.480 e. The minimum Gasteiger partial charge on any atom is -0.480 e. The Kier molecular flexibility index (Phi) is 5.42. The molecule has 5 nitrogen and oxygen atoms in total. The molecule has 0 aliphatic rings. The normalized spacial score (nSPS) is 13.4. The van der Waals surface area contributed by atoms with Gasteiger partial charge in [0.15, 0.2) is 0 Å². The Morgan fingerprint density at radius 3 is 2.25 bits per heavy atom. The molecule has 2 atom stereocenters. The summed E-state index contributed by atoms with van der Waals surface area (Å²) >= 11 is 0. The zero-order valence-corrected chi connectivity index (χ0v) is 11.1. The van der Waals surface area contributed by atoms with Crippen molar-refractivity contribution in [1.29, 1.82) is 0 Å². The number of rotatable bonds is 5. The molecule has 0 aliphatic carbocycles. The van der Waals surface area contributed by atoms with Crippen LogP contribution < -0.4 is 10.6 Å². The van der Waals surface area contributed by atoms with Crippen LogP contribution in [0.5, 0.6) is 0 Å². The molecule has 1 aromatic rings. The summed E-state index contributed by atoms with van der Waals surface area (Å²) in [4.78, 5) is 22.7. The summed E-state index contributed by atoms with van der Waals surface area (Å²) in [5.41, 5.74) is -0.0895. The van der Waals surface area contributed by atoms with E-state index in [0.29, 0.717) is 12.5 Å². The van der Waals surface area contributed by atoms with Gasteiger partial charge in [0.2, 0.25) is 0 Å². The Morgan fingerprint density at radius 2 is 1.80 bits per heavy atom. The first-order valence-electron chi connectivity index (χ1n) is 6.10. The molecule has 0 unspecified atom stereocenters.